The van der Waals surface area contributed by atoms with Crippen LogP contribution in [0.3, 0.4) is 0 Å². The molecule has 1 aliphatic heterocycles. The second-order valence-corrected chi connectivity index (χ2v) is 4.01. The summed E-state index contributed by atoms with van der Waals surface area (Å²) in [6.45, 7) is 0. The maximum Gasteiger partial charge on any atom is 0.345 e. The van der Waals surface area contributed by atoms with Crippen molar-refractivity contribution in [3.63, 3.8) is 0 Å². The minimum atomic E-state index is -1.05. The molecule has 1 amide bonds. The van der Waals surface area contributed by atoms with Gasteiger partial charge in [-0.3, -0.25) is 4.79 Å². The molecule has 0 spiro atoms. The third kappa shape index (κ3) is 1.81. The van der Waals surface area contributed by atoms with E-state index in [1.165, 1.54) is 0 Å². The summed E-state index contributed by atoms with van der Waals surface area (Å²) in [4.78, 5) is 34.7. The highest BCUT2D eigenvalue weighted by Gasteiger charge is 2.35. The number of carbonyl (C=O) groups excluding carboxylic acids is 3. The maximum absolute atomic E-state index is 11.7. The van der Waals surface area contributed by atoms with Crippen LogP contribution in [0.5, 0.6) is 11.5 Å². The van der Waals surface area contributed by atoms with Gasteiger partial charge in [-0.15, -0.1) is 0 Å². The van der Waals surface area contributed by atoms with Crippen molar-refractivity contribution in [2.75, 3.05) is 19.5 Å². The first-order valence-corrected chi connectivity index (χ1v) is 5.49. The van der Waals surface area contributed by atoms with E-state index in [2.05, 4.69) is 14.8 Å². The number of phenolic OH excluding ortho intramolecular Hbond substituents is 2. The van der Waals surface area contributed by atoms with Crippen molar-refractivity contribution in [3.05, 3.63) is 16.7 Å². The lowest BCUT2D eigenvalue weighted by Crippen LogP contribution is -2.11. The molecular formula is C12H11NO7. The maximum atomic E-state index is 11.7. The largest absolute Gasteiger partial charge is 0.506 e. The fourth-order valence-corrected chi connectivity index (χ4v) is 2.05. The first-order chi connectivity index (χ1) is 9.42. The molecule has 106 valence electrons. The Hall–Kier alpha value is -2.77. The lowest BCUT2D eigenvalue weighted by molar-refractivity contribution is -0.115. The highest BCUT2D eigenvalue weighted by molar-refractivity contribution is 6.12. The van der Waals surface area contributed by atoms with E-state index in [-0.39, 0.29) is 23.2 Å². The van der Waals surface area contributed by atoms with Crippen molar-refractivity contribution < 1.29 is 34.1 Å². The van der Waals surface area contributed by atoms with Gasteiger partial charge in [0.25, 0.3) is 0 Å². The van der Waals surface area contributed by atoms with Crippen LogP contribution < -0.4 is 5.32 Å². The second-order valence-electron chi connectivity index (χ2n) is 4.01. The lowest BCUT2D eigenvalue weighted by atomic mass is 9.98. The quantitative estimate of drug-likeness (QED) is 0.401. The van der Waals surface area contributed by atoms with Crippen LogP contribution in [-0.4, -0.2) is 42.3 Å². The Balaban J connectivity index is 2.81. The molecule has 0 radical (unpaired) electrons. The van der Waals surface area contributed by atoms with E-state index in [1.54, 1.807) is 0 Å². The molecule has 1 aromatic carbocycles. The van der Waals surface area contributed by atoms with E-state index in [4.69, 9.17) is 0 Å². The van der Waals surface area contributed by atoms with Crippen LogP contribution in [0.4, 0.5) is 5.69 Å². The number of hydrogen-bond acceptors (Lipinski definition) is 7. The number of ether oxygens (including phenoxy) is 2. The Labute approximate surface area is 112 Å². The van der Waals surface area contributed by atoms with Crippen LogP contribution >= 0.6 is 0 Å². The second kappa shape index (κ2) is 4.72. The third-order valence-electron chi connectivity index (χ3n) is 2.93. The van der Waals surface area contributed by atoms with Crippen LogP contribution in [0, 0.1) is 0 Å². The van der Waals surface area contributed by atoms with E-state index in [0.717, 1.165) is 14.2 Å². The van der Waals surface area contributed by atoms with Crippen molar-refractivity contribution in [2.24, 2.45) is 0 Å². The van der Waals surface area contributed by atoms with Crippen molar-refractivity contribution >= 4 is 23.5 Å². The zero-order chi connectivity index (χ0) is 15.0. The molecule has 1 aliphatic rings. The van der Waals surface area contributed by atoms with Crippen LogP contribution in [0.15, 0.2) is 0 Å². The number of hydrogen-bond donors (Lipinski definition) is 3. The van der Waals surface area contributed by atoms with E-state index in [0.29, 0.717) is 0 Å². The predicted molar refractivity (Wildman–Crippen MR) is 64.8 cm³/mol. The summed E-state index contributed by atoms with van der Waals surface area (Å²) in [7, 11) is 2.13. The van der Waals surface area contributed by atoms with E-state index in [1.807, 2.05) is 0 Å². The molecule has 1 heterocycles. The number of phenols is 2. The fourth-order valence-electron chi connectivity index (χ4n) is 2.05. The number of amides is 1. The zero-order valence-corrected chi connectivity index (χ0v) is 10.6. The van der Waals surface area contributed by atoms with E-state index >= 15 is 0 Å². The Kier molecular flexibility index (Phi) is 3.23. The van der Waals surface area contributed by atoms with Crippen LogP contribution in [0.2, 0.25) is 0 Å². The van der Waals surface area contributed by atoms with E-state index < -0.39 is 34.9 Å². The van der Waals surface area contributed by atoms with Gasteiger partial charge in [0.2, 0.25) is 5.91 Å². The van der Waals surface area contributed by atoms with Gasteiger partial charge in [0.15, 0.2) is 5.75 Å². The molecule has 3 N–H and O–H groups in total. The summed E-state index contributed by atoms with van der Waals surface area (Å²) < 4.78 is 8.94. The first kappa shape index (κ1) is 13.7. The smallest absolute Gasteiger partial charge is 0.345 e. The Morgan fingerprint density at radius 3 is 2.15 bits per heavy atom. The molecule has 8 nitrogen and oxygen atoms in total. The minimum absolute atomic E-state index is 0.0736. The third-order valence-corrected chi connectivity index (χ3v) is 2.93. The number of rotatable bonds is 2. The fraction of sp³-hybridized carbons (Fsp3) is 0.250. The molecule has 0 fully saturated rings. The first-order valence-electron chi connectivity index (χ1n) is 5.49. The zero-order valence-electron chi connectivity index (χ0n) is 10.6. The molecule has 1 aromatic rings. The summed E-state index contributed by atoms with van der Waals surface area (Å²) in [6.07, 6.45) is -0.220. The number of aromatic hydroxyl groups is 2. The Bertz CT molecular complexity index is 635. The molecule has 0 unspecified atom stereocenters. The average molecular weight is 281 g/mol. The van der Waals surface area contributed by atoms with Crippen LogP contribution in [0.25, 0.3) is 0 Å². The molecule has 0 saturated heterocycles. The average Bonchev–Trinajstić information content (AvgIpc) is 2.80. The van der Waals surface area contributed by atoms with Crippen molar-refractivity contribution in [3.8, 4) is 11.5 Å². The number of esters is 2. The summed E-state index contributed by atoms with van der Waals surface area (Å²) >= 11 is 0. The monoisotopic (exact) mass is 281 g/mol. The van der Waals surface area contributed by atoms with Gasteiger partial charge in [0.05, 0.1) is 26.3 Å². The highest BCUT2D eigenvalue weighted by Crippen LogP contribution is 2.44. The van der Waals surface area contributed by atoms with Gasteiger partial charge in [0, 0.05) is 5.56 Å². The summed E-state index contributed by atoms with van der Waals surface area (Å²) in [5.74, 6) is -3.89. The molecule has 0 bridgehead atoms. The highest BCUT2D eigenvalue weighted by atomic mass is 16.5. The minimum Gasteiger partial charge on any atom is -0.506 e. The topological polar surface area (TPSA) is 122 Å². The molecule has 0 saturated carbocycles. The summed E-state index contributed by atoms with van der Waals surface area (Å²) in [5, 5.41) is 22.3. The van der Waals surface area contributed by atoms with Gasteiger partial charge < -0.3 is 25.0 Å². The van der Waals surface area contributed by atoms with E-state index in [9.17, 15) is 24.6 Å². The normalized spacial score (nSPS) is 12.6. The molecule has 2 rings (SSSR count). The van der Waals surface area contributed by atoms with Gasteiger partial charge in [-0.05, 0) is 0 Å². The Morgan fingerprint density at radius 2 is 1.60 bits per heavy atom. The predicted octanol–water partition coefficient (Wildman–Crippen LogP) is 0.166. The van der Waals surface area contributed by atoms with Crippen molar-refractivity contribution in [1.29, 1.82) is 0 Å². The number of nitrogens with one attached hydrogen (secondary N) is 1. The number of methoxy groups -OCH3 is 2. The SMILES string of the molecule is COC(=O)c1c(O)c2c(c(C(=O)OC)c1O)CC(=O)N2. The van der Waals surface area contributed by atoms with Gasteiger partial charge in [-0.25, -0.2) is 9.59 Å². The molecule has 8 heteroatoms. The number of anilines is 1. The van der Waals surface area contributed by atoms with Gasteiger partial charge >= 0.3 is 11.9 Å². The standard InChI is InChI=1S/C12H11NO7/c1-19-11(17)6-4-3-5(14)13-8(4)10(16)7(9(6)15)12(18)20-2/h15-16H,3H2,1-2H3,(H,13,14). The molecule has 0 aliphatic carbocycles. The van der Waals surface area contributed by atoms with Gasteiger partial charge in [-0.2, -0.15) is 0 Å². The van der Waals surface area contributed by atoms with Crippen molar-refractivity contribution in [1.82, 2.24) is 0 Å². The molecule has 20 heavy (non-hydrogen) atoms. The van der Waals surface area contributed by atoms with Crippen LogP contribution in [0.1, 0.15) is 26.3 Å². The molecule has 0 atom stereocenters. The van der Waals surface area contributed by atoms with Crippen LogP contribution in [-0.2, 0) is 20.7 Å². The van der Waals surface area contributed by atoms with Crippen molar-refractivity contribution in [2.45, 2.75) is 6.42 Å². The van der Waals surface area contributed by atoms with Gasteiger partial charge in [-0.1, -0.05) is 0 Å². The number of benzene rings is 1. The molecule has 0 aromatic heterocycles. The van der Waals surface area contributed by atoms with Gasteiger partial charge in [0.1, 0.15) is 16.9 Å². The Morgan fingerprint density at radius 1 is 1.05 bits per heavy atom. The number of fused-ring (bicyclic) bond motifs is 1. The molecular weight excluding hydrogens is 270 g/mol. The summed E-state index contributed by atoms with van der Waals surface area (Å²) in [5.41, 5.74) is -0.981. The summed E-state index contributed by atoms with van der Waals surface area (Å²) in [6, 6.07) is 0. The lowest BCUT2D eigenvalue weighted by Gasteiger charge is -2.14. The number of carbonyl (C=O) groups is 3.